The van der Waals surface area contributed by atoms with Gasteiger partial charge in [-0.05, 0) is 13.0 Å². The minimum atomic E-state index is -2.73. The SMILES string of the molecule is CC1Nc2ccccc2C1(F)F. The van der Waals surface area contributed by atoms with Gasteiger partial charge in [0.2, 0.25) is 0 Å². The third-order valence-corrected chi connectivity index (χ3v) is 2.20. The number of benzene rings is 1. The topological polar surface area (TPSA) is 12.0 Å². The number of hydrogen-bond acceptors (Lipinski definition) is 1. The summed E-state index contributed by atoms with van der Waals surface area (Å²) in [5.74, 6) is -2.73. The van der Waals surface area contributed by atoms with Gasteiger partial charge in [0.25, 0.3) is 5.92 Å². The highest BCUT2D eigenvalue weighted by atomic mass is 19.3. The lowest BCUT2D eigenvalue weighted by Gasteiger charge is -2.14. The van der Waals surface area contributed by atoms with Crippen LogP contribution in [0.3, 0.4) is 0 Å². The number of nitrogens with one attached hydrogen (secondary N) is 1. The first-order valence-corrected chi connectivity index (χ1v) is 3.86. The fourth-order valence-corrected chi connectivity index (χ4v) is 1.46. The Hall–Kier alpha value is -1.12. The lowest BCUT2D eigenvalue weighted by atomic mass is 10.1. The van der Waals surface area contributed by atoms with Crippen LogP contribution in [0.15, 0.2) is 24.3 Å². The summed E-state index contributed by atoms with van der Waals surface area (Å²) in [6.45, 7) is 1.49. The van der Waals surface area contributed by atoms with Crippen molar-refractivity contribution >= 4 is 5.69 Å². The number of halogens is 2. The van der Waals surface area contributed by atoms with Gasteiger partial charge in [0.05, 0.1) is 6.04 Å². The summed E-state index contributed by atoms with van der Waals surface area (Å²) in [6.07, 6.45) is 0. The van der Waals surface area contributed by atoms with Crippen LogP contribution in [0, 0.1) is 0 Å². The van der Waals surface area contributed by atoms with Crippen molar-refractivity contribution in [2.75, 3.05) is 5.32 Å². The van der Waals surface area contributed by atoms with Crippen LogP contribution in [-0.2, 0) is 5.92 Å². The maximum Gasteiger partial charge on any atom is 0.294 e. The molecule has 1 aliphatic heterocycles. The van der Waals surface area contributed by atoms with Crippen LogP contribution in [0.1, 0.15) is 12.5 Å². The number of hydrogen-bond donors (Lipinski definition) is 1. The van der Waals surface area contributed by atoms with Gasteiger partial charge in [-0.2, -0.15) is 8.78 Å². The molecule has 0 fully saturated rings. The Bertz CT molecular complexity index is 309. The Morgan fingerprint density at radius 1 is 1.33 bits per heavy atom. The standard InChI is InChI=1S/C9H9F2N/c1-6-9(10,11)7-4-2-3-5-8(7)12-6/h2-6,12H,1H3. The molecule has 12 heavy (non-hydrogen) atoms. The Kier molecular flexibility index (Phi) is 1.37. The van der Waals surface area contributed by atoms with Crippen molar-refractivity contribution < 1.29 is 8.78 Å². The number of anilines is 1. The third-order valence-electron chi connectivity index (χ3n) is 2.20. The summed E-state index contributed by atoms with van der Waals surface area (Å²) in [5, 5.41) is 2.74. The van der Waals surface area contributed by atoms with E-state index >= 15 is 0 Å². The zero-order valence-electron chi connectivity index (χ0n) is 6.64. The first-order valence-electron chi connectivity index (χ1n) is 3.86. The van der Waals surface area contributed by atoms with Gasteiger partial charge in [-0.1, -0.05) is 18.2 Å². The van der Waals surface area contributed by atoms with Crippen LogP contribution in [0.5, 0.6) is 0 Å². The quantitative estimate of drug-likeness (QED) is 0.629. The van der Waals surface area contributed by atoms with E-state index in [0.717, 1.165) is 0 Å². The van der Waals surface area contributed by atoms with E-state index in [2.05, 4.69) is 5.32 Å². The molecule has 1 atom stereocenters. The smallest absolute Gasteiger partial charge is 0.294 e. The predicted octanol–water partition coefficient (Wildman–Crippen LogP) is 2.59. The van der Waals surface area contributed by atoms with Crippen molar-refractivity contribution in [1.29, 1.82) is 0 Å². The van der Waals surface area contributed by atoms with Crippen LogP contribution in [0.25, 0.3) is 0 Å². The molecule has 0 aromatic heterocycles. The summed E-state index contributed by atoms with van der Waals surface area (Å²) in [4.78, 5) is 0. The molecule has 2 rings (SSSR count). The molecule has 0 radical (unpaired) electrons. The van der Waals surface area contributed by atoms with Crippen molar-refractivity contribution in [2.24, 2.45) is 0 Å². The summed E-state index contributed by atoms with van der Waals surface area (Å²) in [5.41, 5.74) is 0.660. The van der Waals surface area contributed by atoms with E-state index in [1.165, 1.54) is 13.0 Å². The highest BCUT2D eigenvalue weighted by Crippen LogP contribution is 2.42. The van der Waals surface area contributed by atoms with Gasteiger partial charge in [-0.15, -0.1) is 0 Å². The van der Waals surface area contributed by atoms with Gasteiger partial charge in [0, 0.05) is 11.3 Å². The van der Waals surface area contributed by atoms with Crippen LogP contribution < -0.4 is 5.32 Å². The Morgan fingerprint density at radius 3 is 2.67 bits per heavy atom. The van der Waals surface area contributed by atoms with Crippen molar-refractivity contribution in [3.8, 4) is 0 Å². The number of rotatable bonds is 0. The van der Waals surface area contributed by atoms with Gasteiger partial charge >= 0.3 is 0 Å². The van der Waals surface area contributed by atoms with E-state index in [-0.39, 0.29) is 5.56 Å². The van der Waals surface area contributed by atoms with Gasteiger partial charge in [0.15, 0.2) is 0 Å². The fraction of sp³-hybridized carbons (Fsp3) is 0.333. The molecule has 1 nitrogen and oxygen atoms in total. The molecule has 3 heteroatoms. The van der Waals surface area contributed by atoms with E-state index in [0.29, 0.717) is 5.69 Å². The van der Waals surface area contributed by atoms with Crippen molar-refractivity contribution in [3.05, 3.63) is 29.8 Å². The first-order chi connectivity index (χ1) is 5.62. The molecule has 1 aromatic rings. The molecule has 1 aliphatic rings. The van der Waals surface area contributed by atoms with Crippen LogP contribution >= 0.6 is 0 Å². The van der Waals surface area contributed by atoms with Crippen LogP contribution in [0.4, 0.5) is 14.5 Å². The Morgan fingerprint density at radius 2 is 2.00 bits per heavy atom. The molecule has 1 N–H and O–H groups in total. The molecule has 64 valence electrons. The summed E-state index contributed by atoms with van der Waals surface area (Å²) in [7, 11) is 0. The summed E-state index contributed by atoms with van der Waals surface area (Å²) < 4.78 is 26.5. The number of para-hydroxylation sites is 1. The van der Waals surface area contributed by atoms with E-state index < -0.39 is 12.0 Å². The first kappa shape index (κ1) is 7.53. The molecule has 0 saturated heterocycles. The maximum atomic E-state index is 13.3. The molecule has 1 aromatic carbocycles. The predicted molar refractivity (Wildman–Crippen MR) is 43.4 cm³/mol. The van der Waals surface area contributed by atoms with E-state index in [4.69, 9.17) is 0 Å². The largest absolute Gasteiger partial charge is 0.376 e. The number of alkyl halides is 2. The zero-order chi connectivity index (χ0) is 8.77. The second-order valence-electron chi connectivity index (χ2n) is 3.03. The van der Waals surface area contributed by atoms with Gasteiger partial charge < -0.3 is 5.32 Å². The average molecular weight is 169 g/mol. The zero-order valence-corrected chi connectivity index (χ0v) is 6.64. The monoisotopic (exact) mass is 169 g/mol. The number of fused-ring (bicyclic) bond motifs is 1. The minimum absolute atomic E-state index is 0.109. The average Bonchev–Trinajstić information content (AvgIpc) is 2.25. The maximum absolute atomic E-state index is 13.3. The van der Waals surface area contributed by atoms with Crippen LogP contribution in [0.2, 0.25) is 0 Å². The lowest BCUT2D eigenvalue weighted by Crippen LogP contribution is -2.27. The second-order valence-corrected chi connectivity index (χ2v) is 3.03. The molecule has 1 unspecified atom stereocenters. The van der Waals surface area contributed by atoms with E-state index in [1.54, 1.807) is 18.2 Å². The molecule has 0 spiro atoms. The highest BCUT2D eigenvalue weighted by molar-refractivity contribution is 5.59. The fourth-order valence-electron chi connectivity index (χ4n) is 1.46. The van der Waals surface area contributed by atoms with Crippen molar-refractivity contribution in [1.82, 2.24) is 0 Å². The molecular weight excluding hydrogens is 160 g/mol. The summed E-state index contributed by atoms with van der Waals surface area (Å²) in [6, 6.07) is 5.72. The molecule has 0 aliphatic carbocycles. The Balaban J connectivity index is 2.55. The lowest BCUT2D eigenvalue weighted by molar-refractivity contribution is -0.0103. The highest BCUT2D eigenvalue weighted by Gasteiger charge is 2.45. The molecule has 0 amide bonds. The normalized spacial score (nSPS) is 24.8. The molecular formula is C9H9F2N. The van der Waals surface area contributed by atoms with Crippen LogP contribution in [-0.4, -0.2) is 6.04 Å². The molecule has 1 heterocycles. The van der Waals surface area contributed by atoms with Crippen molar-refractivity contribution in [2.45, 2.75) is 18.9 Å². The van der Waals surface area contributed by atoms with Crippen molar-refractivity contribution in [3.63, 3.8) is 0 Å². The van der Waals surface area contributed by atoms with Gasteiger partial charge in [-0.3, -0.25) is 0 Å². The Labute approximate surface area is 69.4 Å². The van der Waals surface area contributed by atoms with E-state index in [1.807, 2.05) is 0 Å². The summed E-state index contributed by atoms with van der Waals surface area (Å²) >= 11 is 0. The molecule has 0 saturated carbocycles. The molecule has 0 bridgehead atoms. The van der Waals surface area contributed by atoms with Gasteiger partial charge in [-0.25, -0.2) is 0 Å². The van der Waals surface area contributed by atoms with E-state index in [9.17, 15) is 8.78 Å². The second kappa shape index (κ2) is 2.19. The minimum Gasteiger partial charge on any atom is -0.376 e. The van der Waals surface area contributed by atoms with Gasteiger partial charge in [0.1, 0.15) is 0 Å². The third kappa shape index (κ3) is 0.823.